The molecule has 3 saturated heterocycles. The number of piperazine rings is 1. The van der Waals surface area contributed by atoms with E-state index in [1.165, 1.54) is 16.7 Å². The Balaban J connectivity index is 1.30. The number of benzene rings is 1. The topological polar surface area (TPSA) is 75.6 Å². The van der Waals surface area contributed by atoms with Gasteiger partial charge in [-0.15, -0.1) is 0 Å². The van der Waals surface area contributed by atoms with E-state index in [4.69, 9.17) is 14.7 Å². The highest BCUT2D eigenvalue weighted by molar-refractivity contribution is 7.84. The van der Waals surface area contributed by atoms with E-state index < -0.39 is 16.4 Å². The largest absolute Gasteiger partial charge is 0.444 e. The predicted molar refractivity (Wildman–Crippen MR) is 135 cm³/mol. The van der Waals surface area contributed by atoms with Crippen molar-refractivity contribution in [3.05, 3.63) is 46.6 Å². The van der Waals surface area contributed by atoms with Crippen molar-refractivity contribution in [1.29, 1.82) is 0 Å². The Morgan fingerprint density at radius 2 is 1.83 bits per heavy atom. The van der Waals surface area contributed by atoms with Crippen LogP contribution in [0.5, 0.6) is 0 Å². The van der Waals surface area contributed by atoms with Crippen molar-refractivity contribution in [2.24, 2.45) is 0 Å². The second-order valence-corrected chi connectivity index (χ2v) is 12.9. The van der Waals surface area contributed by atoms with Crippen LogP contribution in [0.4, 0.5) is 10.6 Å². The predicted octanol–water partition coefficient (Wildman–Crippen LogP) is 3.78. The van der Waals surface area contributed by atoms with Crippen molar-refractivity contribution in [1.82, 2.24) is 14.9 Å². The summed E-state index contributed by atoms with van der Waals surface area (Å²) < 4.78 is 18.2. The van der Waals surface area contributed by atoms with Crippen LogP contribution in [0.1, 0.15) is 62.4 Å². The van der Waals surface area contributed by atoms with Gasteiger partial charge in [0.1, 0.15) is 11.4 Å². The van der Waals surface area contributed by atoms with Crippen LogP contribution < -0.4 is 4.90 Å². The van der Waals surface area contributed by atoms with Crippen molar-refractivity contribution >= 4 is 22.7 Å². The molecule has 2 bridgehead atoms. The van der Waals surface area contributed by atoms with Gasteiger partial charge in [-0.05, 0) is 70.4 Å². The van der Waals surface area contributed by atoms with Crippen LogP contribution in [0.25, 0.3) is 0 Å². The van der Waals surface area contributed by atoms with E-state index in [0.717, 1.165) is 63.1 Å². The average Bonchev–Trinajstić information content (AvgIpc) is 3.14. The fourth-order valence-corrected chi connectivity index (χ4v) is 7.12. The van der Waals surface area contributed by atoms with Gasteiger partial charge in [0.2, 0.25) is 5.16 Å². The van der Waals surface area contributed by atoms with Crippen LogP contribution in [0, 0.1) is 0 Å². The third-order valence-electron chi connectivity index (χ3n) is 8.23. The van der Waals surface area contributed by atoms with Gasteiger partial charge >= 0.3 is 6.09 Å². The SMILES string of the molecule is CS(=O)c1nc2c(c(N3CC4CC(C3)N4C(=O)OC(C)(C)C)n1)CCC1(CCc3ccccc31)C2. The molecule has 0 N–H and O–H groups in total. The van der Waals surface area contributed by atoms with Crippen LogP contribution in [-0.4, -0.2) is 62.2 Å². The van der Waals surface area contributed by atoms with E-state index in [1.807, 2.05) is 25.7 Å². The van der Waals surface area contributed by atoms with Crippen molar-refractivity contribution < 1.29 is 13.7 Å². The molecule has 2 aliphatic carbocycles. The molecular weight excluding hydrogens is 460 g/mol. The third kappa shape index (κ3) is 3.85. The number of piperidine rings is 1. The summed E-state index contributed by atoms with van der Waals surface area (Å²) in [7, 11) is -1.26. The quantitative estimate of drug-likeness (QED) is 0.592. The maximum Gasteiger partial charge on any atom is 0.410 e. The first-order valence-electron chi connectivity index (χ1n) is 12.7. The van der Waals surface area contributed by atoms with Gasteiger partial charge in [0.15, 0.2) is 0 Å². The van der Waals surface area contributed by atoms with Crippen molar-refractivity contribution in [3.63, 3.8) is 0 Å². The minimum Gasteiger partial charge on any atom is -0.444 e. The number of aromatic nitrogens is 2. The summed E-state index contributed by atoms with van der Waals surface area (Å²) in [6, 6.07) is 9.08. The maximum absolute atomic E-state index is 12.7. The lowest BCUT2D eigenvalue weighted by atomic mass is 9.69. The Labute approximate surface area is 209 Å². The Morgan fingerprint density at radius 3 is 2.54 bits per heavy atom. The number of carbonyl (C=O) groups is 1. The molecule has 2 aromatic rings. The number of aryl methyl sites for hydroxylation is 1. The van der Waals surface area contributed by atoms with Crippen LogP contribution in [0.15, 0.2) is 29.4 Å². The molecule has 5 aliphatic rings. The molecule has 3 fully saturated rings. The zero-order valence-corrected chi connectivity index (χ0v) is 21.9. The van der Waals surface area contributed by atoms with Gasteiger partial charge in [-0.1, -0.05) is 24.3 Å². The highest BCUT2D eigenvalue weighted by Gasteiger charge is 2.50. The Kier molecular flexibility index (Phi) is 5.26. The maximum atomic E-state index is 12.7. The highest BCUT2D eigenvalue weighted by atomic mass is 32.2. The molecule has 35 heavy (non-hydrogen) atoms. The molecule has 7 rings (SSSR count). The Morgan fingerprint density at radius 1 is 1.11 bits per heavy atom. The second kappa shape index (κ2) is 8.02. The van der Waals surface area contributed by atoms with E-state index in [2.05, 4.69) is 29.2 Å². The van der Waals surface area contributed by atoms with Gasteiger partial charge in [0.05, 0.1) is 28.6 Å². The van der Waals surface area contributed by atoms with E-state index in [0.29, 0.717) is 5.16 Å². The molecule has 7 nitrogen and oxygen atoms in total. The number of carbonyl (C=O) groups excluding carboxylic acids is 1. The average molecular weight is 495 g/mol. The lowest BCUT2D eigenvalue weighted by Crippen LogP contribution is -2.70. The van der Waals surface area contributed by atoms with Crippen molar-refractivity contribution in [2.75, 3.05) is 24.2 Å². The number of anilines is 1. The summed E-state index contributed by atoms with van der Waals surface area (Å²) in [6.07, 6.45) is 7.59. The Bertz CT molecular complexity index is 1210. The lowest BCUT2D eigenvalue weighted by molar-refractivity contribution is -0.0381. The van der Waals surface area contributed by atoms with Crippen molar-refractivity contribution in [3.8, 4) is 0 Å². The van der Waals surface area contributed by atoms with Crippen molar-refractivity contribution in [2.45, 2.75) is 87.6 Å². The number of hydrogen-bond donors (Lipinski definition) is 0. The van der Waals surface area contributed by atoms with Gasteiger partial charge in [0.25, 0.3) is 0 Å². The molecule has 186 valence electrons. The van der Waals surface area contributed by atoms with E-state index in [9.17, 15) is 9.00 Å². The monoisotopic (exact) mass is 494 g/mol. The number of amides is 1. The van der Waals surface area contributed by atoms with E-state index in [-0.39, 0.29) is 23.6 Å². The van der Waals surface area contributed by atoms with E-state index >= 15 is 0 Å². The van der Waals surface area contributed by atoms with Gasteiger partial charge in [-0.3, -0.25) is 9.11 Å². The number of ether oxygens (including phenoxy) is 1. The summed E-state index contributed by atoms with van der Waals surface area (Å²) >= 11 is 0. The molecule has 0 radical (unpaired) electrons. The molecule has 4 atom stereocenters. The normalized spacial score (nSPS) is 27.8. The molecule has 3 aliphatic heterocycles. The van der Waals surface area contributed by atoms with Crippen LogP contribution in [-0.2, 0) is 40.2 Å². The fourth-order valence-electron chi connectivity index (χ4n) is 6.66. The van der Waals surface area contributed by atoms with E-state index in [1.54, 1.807) is 6.26 Å². The molecule has 4 heterocycles. The summed E-state index contributed by atoms with van der Waals surface area (Å²) in [5.41, 5.74) is 4.83. The molecule has 1 spiro atoms. The van der Waals surface area contributed by atoms with Crippen LogP contribution in [0.3, 0.4) is 0 Å². The summed E-state index contributed by atoms with van der Waals surface area (Å²) in [4.78, 5) is 26.6. The van der Waals surface area contributed by atoms with Gasteiger partial charge < -0.3 is 9.64 Å². The molecular formula is C27H34N4O3S. The second-order valence-electron chi connectivity index (χ2n) is 11.7. The molecule has 1 amide bonds. The smallest absolute Gasteiger partial charge is 0.410 e. The minimum absolute atomic E-state index is 0.124. The lowest BCUT2D eigenvalue weighted by Gasteiger charge is -2.56. The fraction of sp³-hybridized carbons (Fsp3) is 0.593. The summed E-state index contributed by atoms with van der Waals surface area (Å²) in [6.45, 7) is 7.16. The summed E-state index contributed by atoms with van der Waals surface area (Å²) in [5, 5.41) is 0.422. The minimum atomic E-state index is -1.26. The van der Waals surface area contributed by atoms with Crippen LogP contribution in [0.2, 0.25) is 0 Å². The number of fused-ring (bicyclic) bond motifs is 5. The highest BCUT2D eigenvalue weighted by Crippen LogP contribution is 2.49. The molecule has 1 aromatic carbocycles. The first kappa shape index (κ1) is 23.0. The zero-order valence-electron chi connectivity index (χ0n) is 21.0. The third-order valence-corrected chi connectivity index (χ3v) is 8.92. The Hall–Kier alpha value is -2.48. The zero-order chi connectivity index (χ0) is 24.5. The number of rotatable bonds is 2. The van der Waals surface area contributed by atoms with Gasteiger partial charge in [-0.2, -0.15) is 0 Å². The molecule has 4 unspecified atom stereocenters. The first-order valence-corrected chi connectivity index (χ1v) is 14.3. The standard InChI is InChI=1S/C27H34N4O3S/c1-26(2,3)34-25(32)31-18-13-19(31)16-30(15-18)23-20-10-12-27(11-9-17-7-5-6-8-21(17)27)14-22(20)28-24(29-23)35(4)33/h5-8,18-19H,9-16H2,1-4H3. The number of nitrogens with zero attached hydrogens (tertiary/aromatic N) is 4. The molecule has 1 aromatic heterocycles. The van der Waals surface area contributed by atoms with Gasteiger partial charge in [-0.25, -0.2) is 14.8 Å². The molecule has 0 saturated carbocycles. The number of hydrogen-bond acceptors (Lipinski definition) is 6. The first-order chi connectivity index (χ1) is 16.6. The van der Waals surface area contributed by atoms with Gasteiger partial charge in [0, 0.05) is 30.3 Å². The summed E-state index contributed by atoms with van der Waals surface area (Å²) in [5.74, 6) is 0.930. The molecule has 8 heteroatoms. The van der Waals surface area contributed by atoms with Crippen LogP contribution >= 0.6 is 0 Å².